The van der Waals surface area contributed by atoms with Gasteiger partial charge in [-0.1, -0.05) is 13.0 Å². The molecule has 0 amide bonds. The molecule has 1 unspecified atom stereocenters. The van der Waals surface area contributed by atoms with Crippen molar-refractivity contribution in [3.63, 3.8) is 0 Å². The highest BCUT2D eigenvalue weighted by molar-refractivity contribution is 5.62. The second-order valence-electron chi connectivity index (χ2n) is 5.29. The van der Waals surface area contributed by atoms with E-state index >= 15 is 0 Å². The Bertz CT molecular complexity index is 433. The van der Waals surface area contributed by atoms with Crippen LogP contribution in [0.4, 0.5) is 5.69 Å². The number of nitrogens with zero attached hydrogens (tertiary/aromatic N) is 2. The van der Waals surface area contributed by atoms with Crippen LogP contribution in [0.25, 0.3) is 0 Å². The third kappa shape index (κ3) is 1.97. The van der Waals surface area contributed by atoms with Crippen molar-refractivity contribution in [2.75, 3.05) is 38.2 Å². The Kier molecular flexibility index (Phi) is 3.16. The van der Waals surface area contributed by atoms with E-state index in [1.54, 1.807) is 7.11 Å². The van der Waals surface area contributed by atoms with Gasteiger partial charge in [0.25, 0.3) is 0 Å². The van der Waals surface area contributed by atoms with Gasteiger partial charge in [-0.25, -0.2) is 0 Å². The third-order valence-electron chi connectivity index (χ3n) is 4.29. The summed E-state index contributed by atoms with van der Waals surface area (Å²) < 4.78 is 5.36. The van der Waals surface area contributed by atoms with Crippen molar-refractivity contribution in [1.82, 2.24) is 4.90 Å². The van der Waals surface area contributed by atoms with Gasteiger partial charge in [-0.05, 0) is 37.6 Å². The van der Waals surface area contributed by atoms with Crippen LogP contribution in [-0.4, -0.2) is 44.2 Å². The van der Waals surface area contributed by atoms with Crippen molar-refractivity contribution >= 4 is 5.69 Å². The first-order chi connectivity index (χ1) is 8.81. The third-order valence-corrected chi connectivity index (χ3v) is 4.29. The van der Waals surface area contributed by atoms with E-state index in [4.69, 9.17) is 4.74 Å². The Balaban J connectivity index is 1.88. The molecule has 2 aliphatic heterocycles. The van der Waals surface area contributed by atoms with Gasteiger partial charge in [0.2, 0.25) is 0 Å². The van der Waals surface area contributed by atoms with Crippen LogP contribution in [0, 0.1) is 0 Å². The van der Waals surface area contributed by atoms with E-state index < -0.39 is 0 Å². The van der Waals surface area contributed by atoms with Gasteiger partial charge in [0.1, 0.15) is 5.75 Å². The predicted octanol–water partition coefficient (Wildman–Crippen LogP) is 2.15. The van der Waals surface area contributed by atoms with Gasteiger partial charge in [0.15, 0.2) is 0 Å². The molecule has 0 aromatic heterocycles. The summed E-state index contributed by atoms with van der Waals surface area (Å²) in [6.45, 7) is 7.06. The molecule has 0 bridgehead atoms. The Morgan fingerprint density at radius 3 is 3.00 bits per heavy atom. The van der Waals surface area contributed by atoms with E-state index in [0.717, 1.165) is 5.75 Å². The summed E-state index contributed by atoms with van der Waals surface area (Å²) in [5.41, 5.74) is 2.89. The van der Waals surface area contributed by atoms with Crippen LogP contribution in [0.3, 0.4) is 0 Å². The summed E-state index contributed by atoms with van der Waals surface area (Å²) in [5.74, 6) is 0.978. The normalized spacial score (nSPS) is 23.4. The van der Waals surface area contributed by atoms with E-state index in [-0.39, 0.29) is 0 Å². The van der Waals surface area contributed by atoms with E-state index in [1.165, 1.54) is 50.3 Å². The first-order valence-electron chi connectivity index (χ1n) is 6.97. The van der Waals surface area contributed by atoms with Crippen molar-refractivity contribution in [2.45, 2.75) is 25.8 Å². The largest absolute Gasteiger partial charge is 0.497 e. The molecule has 2 heterocycles. The van der Waals surface area contributed by atoms with Gasteiger partial charge in [0.05, 0.1) is 7.11 Å². The maximum Gasteiger partial charge on any atom is 0.120 e. The average Bonchev–Trinajstić information content (AvgIpc) is 2.61. The fraction of sp³-hybridized carbons (Fsp3) is 0.600. The van der Waals surface area contributed by atoms with Crippen LogP contribution in [0.2, 0.25) is 0 Å². The molecular weight excluding hydrogens is 224 g/mol. The summed E-state index contributed by atoms with van der Waals surface area (Å²) >= 11 is 0. The van der Waals surface area contributed by atoms with E-state index in [9.17, 15) is 0 Å². The lowest BCUT2D eigenvalue weighted by atomic mass is 10.1. The molecule has 0 saturated carbocycles. The van der Waals surface area contributed by atoms with Crippen LogP contribution < -0.4 is 9.64 Å². The van der Waals surface area contributed by atoms with Crippen molar-refractivity contribution in [1.29, 1.82) is 0 Å². The molecule has 1 aromatic carbocycles. The topological polar surface area (TPSA) is 15.7 Å². The summed E-state index contributed by atoms with van der Waals surface area (Å²) in [6.07, 6.45) is 2.46. The summed E-state index contributed by atoms with van der Waals surface area (Å²) in [6, 6.07) is 7.19. The predicted molar refractivity (Wildman–Crippen MR) is 74.6 cm³/mol. The number of hydrogen-bond acceptors (Lipinski definition) is 3. The summed E-state index contributed by atoms with van der Waals surface area (Å²) in [5, 5.41) is 0. The molecule has 18 heavy (non-hydrogen) atoms. The summed E-state index contributed by atoms with van der Waals surface area (Å²) in [4.78, 5) is 5.17. The van der Waals surface area contributed by atoms with Gasteiger partial charge in [0, 0.05) is 30.9 Å². The minimum Gasteiger partial charge on any atom is -0.497 e. The number of rotatable bonds is 2. The smallest absolute Gasteiger partial charge is 0.120 e. The Hall–Kier alpha value is -1.22. The van der Waals surface area contributed by atoms with Crippen LogP contribution in [0.15, 0.2) is 18.2 Å². The highest BCUT2D eigenvalue weighted by atomic mass is 16.5. The molecule has 98 valence electrons. The minimum absolute atomic E-state index is 0.662. The maximum absolute atomic E-state index is 5.36. The Morgan fingerprint density at radius 1 is 1.33 bits per heavy atom. The molecule has 0 N–H and O–H groups in total. The lowest BCUT2D eigenvalue weighted by Crippen LogP contribution is -2.38. The SMILES string of the molecule is CCN1CCCN2c3cc(OC)ccc3CC2C1. The van der Waals surface area contributed by atoms with E-state index in [2.05, 4.69) is 34.9 Å². The van der Waals surface area contributed by atoms with Crippen LogP contribution in [0.5, 0.6) is 5.75 Å². The highest BCUT2D eigenvalue weighted by Crippen LogP contribution is 2.36. The number of methoxy groups -OCH3 is 1. The molecule has 1 atom stereocenters. The van der Waals surface area contributed by atoms with Crippen LogP contribution in [-0.2, 0) is 6.42 Å². The number of ether oxygens (including phenoxy) is 1. The second-order valence-corrected chi connectivity index (χ2v) is 5.29. The fourth-order valence-electron chi connectivity index (χ4n) is 3.28. The average molecular weight is 246 g/mol. The lowest BCUT2D eigenvalue weighted by molar-refractivity contribution is 0.288. The van der Waals surface area contributed by atoms with Crippen molar-refractivity contribution in [3.8, 4) is 5.75 Å². The number of fused-ring (bicyclic) bond motifs is 3. The maximum atomic E-state index is 5.36. The molecule has 3 heteroatoms. The lowest BCUT2D eigenvalue weighted by Gasteiger charge is -2.27. The van der Waals surface area contributed by atoms with Crippen LogP contribution in [0.1, 0.15) is 18.9 Å². The van der Waals surface area contributed by atoms with Crippen LogP contribution >= 0.6 is 0 Å². The molecule has 2 aliphatic rings. The molecule has 0 aliphatic carbocycles. The summed E-state index contributed by atoms with van der Waals surface area (Å²) in [7, 11) is 1.75. The Morgan fingerprint density at radius 2 is 2.22 bits per heavy atom. The second kappa shape index (κ2) is 4.81. The Labute approximate surface area is 109 Å². The van der Waals surface area contributed by atoms with E-state index in [0.29, 0.717) is 6.04 Å². The van der Waals surface area contributed by atoms with Crippen molar-refractivity contribution < 1.29 is 4.74 Å². The quantitative estimate of drug-likeness (QED) is 0.795. The fourth-order valence-corrected chi connectivity index (χ4v) is 3.28. The first kappa shape index (κ1) is 11.8. The van der Waals surface area contributed by atoms with Gasteiger partial charge in [-0.15, -0.1) is 0 Å². The van der Waals surface area contributed by atoms with Gasteiger partial charge >= 0.3 is 0 Å². The number of benzene rings is 1. The molecule has 1 fully saturated rings. The molecule has 1 aromatic rings. The molecular formula is C15H22N2O. The van der Waals surface area contributed by atoms with Gasteiger partial charge < -0.3 is 14.5 Å². The highest BCUT2D eigenvalue weighted by Gasteiger charge is 2.32. The minimum atomic E-state index is 0.662. The molecule has 3 rings (SSSR count). The van der Waals surface area contributed by atoms with Gasteiger partial charge in [-0.3, -0.25) is 0 Å². The number of anilines is 1. The number of likely N-dealkylation sites (N-methyl/N-ethyl adjacent to an activating group) is 1. The first-order valence-corrected chi connectivity index (χ1v) is 6.97. The zero-order valence-corrected chi connectivity index (χ0v) is 11.4. The molecule has 3 nitrogen and oxygen atoms in total. The van der Waals surface area contributed by atoms with Gasteiger partial charge in [-0.2, -0.15) is 0 Å². The van der Waals surface area contributed by atoms with Crippen molar-refractivity contribution in [3.05, 3.63) is 23.8 Å². The molecule has 1 saturated heterocycles. The monoisotopic (exact) mass is 246 g/mol. The standard InChI is InChI=1S/C15H22N2O/c1-3-16-7-4-8-17-13(11-16)9-12-5-6-14(18-2)10-15(12)17/h5-6,10,13H,3-4,7-9,11H2,1-2H3. The van der Waals surface area contributed by atoms with E-state index in [1.807, 2.05) is 0 Å². The van der Waals surface area contributed by atoms with Crippen molar-refractivity contribution in [2.24, 2.45) is 0 Å². The number of hydrogen-bond donors (Lipinski definition) is 0. The molecule has 0 radical (unpaired) electrons. The zero-order valence-electron chi connectivity index (χ0n) is 11.4. The zero-order chi connectivity index (χ0) is 12.5. The molecule has 0 spiro atoms.